The number of hydrogen-bond donors (Lipinski definition) is 2. The van der Waals surface area contributed by atoms with Crippen LogP contribution in [0.25, 0.3) is 0 Å². The van der Waals surface area contributed by atoms with Gasteiger partial charge in [-0.25, -0.2) is 0 Å². The van der Waals surface area contributed by atoms with Crippen LogP contribution in [0.3, 0.4) is 0 Å². The Morgan fingerprint density at radius 3 is 2.52 bits per heavy atom. The fraction of sp³-hybridized carbons (Fsp3) is 0.588. The summed E-state index contributed by atoms with van der Waals surface area (Å²) in [5, 5.41) is 2.97. The van der Waals surface area contributed by atoms with Crippen molar-refractivity contribution in [2.45, 2.75) is 44.6 Å². The molecule has 1 amide bonds. The number of hydrogen-bond acceptors (Lipinski definition) is 3. The Morgan fingerprint density at radius 1 is 1.29 bits per heavy atom. The third-order valence-electron chi connectivity index (χ3n) is 4.47. The van der Waals surface area contributed by atoms with E-state index in [0.29, 0.717) is 13.1 Å². The molecule has 3 N–H and O–H groups in total. The van der Waals surface area contributed by atoms with Gasteiger partial charge in [0.2, 0.25) is 5.91 Å². The van der Waals surface area contributed by atoms with Gasteiger partial charge in [0.25, 0.3) is 0 Å². The predicted molar refractivity (Wildman–Crippen MR) is 87.2 cm³/mol. The smallest absolute Gasteiger partial charge is 0.238 e. The van der Waals surface area contributed by atoms with Crippen LogP contribution in [0.5, 0.6) is 0 Å². The molecule has 0 heterocycles. The number of benzene rings is 1. The second kappa shape index (κ2) is 7.57. The van der Waals surface area contributed by atoms with E-state index in [9.17, 15) is 4.79 Å². The quantitative estimate of drug-likeness (QED) is 0.811. The molecule has 4 nitrogen and oxygen atoms in total. The van der Waals surface area contributed by atoms with Gasteiger partial charge >= 0.3 is 0 Å². The number of carbonyl (C=O) groups excluding carboxylic acids is 1. The maximum absolute atomic E-state index is 12.3. The summed E-state index contributed by atoms with van der Waals surface area (Å²) in [7, 11) is 0. The third-order valence-corrected chi connectivity index (χ3v) is 4.47. The molecule has 1 aromatic rings. The van der Waals surface area contributed by atoms with Crippen LogP contribution in [0.2, 0.25) is 0 Å². The molecule has 2 rings (SSSR count). The molecule has 0 aliphatic heterocycles. The van der Waals surface area contributed by atoms with Crippen LogP contribution < -0.4 is 11.1 Å². The summed E-state index contributed by atoms with van der Waals surface area (Å²) in [4.78, 5) is 14.6. The normalized spacial score (nSPS) is 17.1. The van der Waals surface area contributed by atoms with Crippen molar-refractivity contribution in [1.82, 2.24) is 4.90 Å². The Morgan fingerprint density at radius 2 is 1.95 bits per heavy atom. The molecule has 0 radical (unpaired) electrons. The Balaban J connectivity index is 2.00. The highest BCUT2D eigenvalue weighted by Crippen LogP contribution is 2.34. The molecule has 0 aromatic heterocycles. The fourth-order valence-corrected chi connectivity index (χ4v) is 3.33. The van der Waals surface area contributed by atoms with E-state index in [1.807, 2.05) is 30.3 Å². The average Bonchev–Trinajstić information content (AvgIpc) is 2.98. The van der Waals surface area contributed by atoms with Gasteiger partial charge in [0.05, 0.1) is 6.54 Å². The first-order chi connectivity index (χ1) is 10.2. The maximum atomic E-state index is 12.3. The van der Waals surface area contributed by atoms with Gasteiger partial charge in [0.1, 0.15) is 0 Å². The van der Waals surface area contributed by atoms with Crippen molar-refractivity contribution in [3.8, 4) is 0 Å². The number of anilines is 1. The topological polar surface area (TPSA) is 58.4 Å². The lowest BCUT2D eigenvalue weighted by atomic mass is 9.94. The number of para-hydroxylation sites is 1. The first-order valence-electron chi connectivity index (χ1n) is 8.00. The number of carbonyl (C=O) groups is 1. The molecule has 1 saturated carbocycles. The van der Waals surface area contributed by atoms with Crippen molar-refractivity contribution in [2.75, 3.05) is 25.0 Å². The first kappa shape index (κ1) is 16.0. The largest absolute Gasteiger partial charge is 0.329 e. The molecule has 1 aliphatic rings. The number of rotatable bonds is 7. The second-order valence-corrected chi connectivity index (χ2v) is 5.97. The van der Waals surface area contributed by atoms with Gasteiger partial charge in [0.15, 0.2) is 0 Å². The van der Waals surface area contributed by atoms with Crippen LogP contribution in [0, 0.1) is 0 Å². The van der Waals surface area contributed by atoms with Crippen LogP contribution >= 0.6 is 0 Å². The summed E-state index contributed by atoms with van der Waals surface area (Å²) in [6.45, 7) is 4.16. The molecule has 0 atom stereocenters. The van der Waals surface area contributed by atoms with E-state index in [0.717, 1.165) is 31.5 Å². The minimum atomic E-state index is 0.0318. The minimum absolute atomic E-state index is 0.0318. The zero-order chi connectivity index (χ0) is 15.1. The SMILES string of the molecule is CCCN(CC(=O)Nc1ccccc1)C1(CN)CCCC1. The van der Waals surface area contributed by atoms with Crippen molar-refractivity contribution >= 4 is 11.6 Å². The van der Waals surface area contributed by atoms with Crippen LogP contribution in [0.1, 0.15) is 39.0 Å². The second-order valence-electron chi connectivity index (χ2n) is 5.97. The van der Waals surface area contributed by atoms with Crippen LogP contribution in [-0.2, 0) is 4.79 Å². The molecule has 1 aromatic carbocycles. The lowest BCUT2D eigenvalue weighted by Gasteiger charge is -2.40. The molecule has 1 aliphatic carbocycles. The average molecular weight is 289 g/mol. The molecule has 0 unspecified atom stereocenters. The number of amides is 1. The zero-order valence-corrected chi connectivity index (χ0v) is 13.0. The van der Waals surface area contributed by atoms with Crippen LogP contribution in [0.15, 0.2) is 30.3 Å². The van der Waals surface area contributed by atoms with Gasteiger partial charge in [-0.3, -0.25) is 9.69 Å². The van der Waals surface area contributed by atoms with Gasteiger partial charge in [-0.05, 0) is 37.9 Å². The minimum Gasteiger partial charge on any atom is -0.329 e. The van der Waals surface area contributed by atoms with Crippen molar-refractivity contribution in [3.63, 3.8) is 0 Å². The van der Waals surface area contributed by atoms with Gasteiger partial charge < -0.3 is 11.1 Å². The molecule has 1 fully saturated rings. The monoisotopic (exact) mass is 289 g/mol. The van der Waals surface area contributed by atoms with E-state index in [1.54, 1.807) is 0 Å². The van der Waals surface area contributed by atoms with Crippen molar-refractivity contribution in [3.05, 3.63) is 30.3 Å². The first-order valence-corrected chi connectivity index (χ1v) is 8.00. The van der Waals surface area contributed by atoms with E-state index >= 15 is 0 Å². The van der Waals surface area contributed by atoms with Gasteiger partial charge in [-0.1, -0.05) is 38.0 Å². The molecule has 0 spiro atoms. The third kappa shape index (κ3) is 4.05. The van der Waals surface area contributed by atoms with Crippen molar-refractivity contribution in [1.29, 1.82) is 0 Å². The van der Waals surface area contributed by atoms with Gasteiger partial charge in [-0.15, -0.1) is 0 Å². The van der Waals surface area contributed by atoms with Crippen LogP contribution in [0.4, 0.5) is 5.69 Å². The molecule has 0 saturated heterocycles. The van der Waals surface area contributed by atoms with E-state index < -0.39 is 0 Å². The Bertz CT molecular complexity index is 441. The molecular weight excluding hydrogens is 262 g/mol. The summed E-state index contributed by atoms with van der Waals surface area (Å²) < 4.78 is 0. The van der Waals surface area contributed by atoms with Crippen molar-refractivity contribution in [2.24, 2.45) is 5.73 Å². The number of nitrogens with zero attached hydrogens (tertiary/aromatic N) is 1. The summed E-state index contributed by atoms with van der Waals surface area (Å²) >= 11 is 0. The number of nitrogens with two attached hydrogens (primary N) is 1. The summed E-state index contributed by atoms with van der Waals surface area (Å²) in [6, 6.07) is 9.63. The Labute approximate surface area is 127 Å². The zero-order valence-electron chi connectivity index (χ0n) is 13.0. The standard InChI is InChI=1S/C17H27N3O/c1-2-12-20(17(14-18)10-6-7-11-17)13-16(21)19-15-8-4-3-5-9-15/h3-5,8-9H,2,6-7,10-14,18H2,1H3,(H,19,21). The Hall–Kier alpha value is -1.39. The number of nitrogens with one attached hydrogen (secondary N) is 1. The van der Waals surface area contributed by atoms with Gasteiger partial charge in [-0.2, -0.15) is 0 Å². The highest BCUT2D eigenvalue weighted by Gasteiger charge is 2.38. The summed E-state index contributed by atoms with van der Waals surface area (Å²) in [5.41, 5.74) is 6.94. The molecule has 116 valence electrons. The van der Waals surface area contributed by atoms with E-state index in [2.05, 4.69) is 17.1 Å². The van der Waals surface area contributed by atoms with E-state index in [-0.39, 0.29) is 11.4 Å². The van der Waals surface area contributed by atoms with E-state index in [1.165, 1.54) is 12.8 Å². The summed E-state index contributed by atoms with van der Waals surface area (Å²) in [6.07, 6.45) is 5.71. The van der Waals surface area contributed by atoms with E-state index in [4.69, 9.17) is 5.73 Å². The lowest BCUT2D eigenvalue weighted by Crippen LogP contribution is -2.54. The molecule has 21 heavy (non-hydrogen) atoms. The lowest BCUT2D eigenvalue weighted by molar-refractivity contribution is -0.118. The maximum Gasteiger partial charge on any atom is 0.238 e. The van der Waals surface area contributed by atoms with Crippen LogP contribution in [-0.4, -0.2) is 36.0 Å². The Kier molecular flexibility index (Phi) is 5.76. The van der Waals surface area contributed by atoms with Crippen molar-refractivity contribution < 1.29 is 4.79 Å². The summed E-state index contributed by atoms with van der Waals surface area (Å²) in [5.74, 6) is 0.0503. The highest BCUT2D eigenvalue weighted by molar-refractivity contribution is 5.92. The predicted octanol–water partition coefficient (Wildman–Crippen LogP) is 2.61. The van der Waals surface area contributed by atoms with Gasteiger partial charge in [0, 0.05) is 17.8 Å². The highest BCUT2D eigenvalue weighted by atomic mass is 16.2. The molecular formula is C17H27N3O. The molecule has 0 bridgehead atoms. The molecule has 4 heteroatoms. The fourth-order valence-electron chi connectivity index (χ4n) is 3.33.